The highest BCUT2D eigenvalue weighted by Gasteiger charge is 2.11. The second kappa shape index (κ2) is 8.84. The van der Waals surface area contributed by atoms with E-state index in [1.807, 2.05) is 6.07 Å². The van der Waals surface area contributed by atoms with E-state index in [1.54, 1.807) is 86.9 Å². The predicted molar refractivity (Wildman–Crippen MR) is 113 cm³/mol. The van der Waals surface area contributed by atoms with Crippen LogP contribution in [0.3, 0.4) is 0 Å². The summed E-state index contributed by atoms with van der Waals surface area (Å²) in [6, 6.07) is 22.3. The van der Waals surface area contributed by atoms with Gasteiger partial charge in [-0.1, -0.05) is 24.3 Å². The minimum Gasteiger partial charge on any atom is -0.345 e. The first kappa shape index (κ1) is 19.8. The molecule has 6 heteroatoms. The maximum atomic E-state index is 12.5. The van der Waals surface area contributed by atoms with E-state index in [9.17, 15) is 14.4 Å². The van der Waals surface area contributed by atoms with E-state index < -0.39 is 0 Å². The maximum absolute atomic E-state index is 12.5. The van der Waals surface area contributed by atoms with Crippen molar-refractivity contribution in [2.45, 2.75) is 0 Å². The largest absolute Gasteiger partial charge is 0.345 e. The Morgan fingerprint density at radius 2 is 1.17 bits per heavy atom. The first-order chi connectivity index (χ1) is 13.9. The van der Waals surface area contributed by atoms with Crippen LogP contribution in [0.25, 0.3) is 0 Å². The van der Waals surface area contributed by atoms with Crippen molar-refractivity contribution in [3.05, 3.63) is 95.6 Å². The second-order valence-electron chi connectivity index (χ2n) is 6.63. The summed E-state index contributed by atoms with van der Waals surface area (Å²) in [6.07, 6.45) is 0. The van der Waals surface area contributed by atoms with Crippen LogP contribution in [-0.4, -0.2) is 36.7 Å². The third-order valence-electron chi connectivity index (χ3n) is 4.21. The van der Waals surface area contributed by atoms with Crippen molar-refractivity contribution in [3.8, 4) is 0 Å². The summed E-state index contributed by atoms with van der Waals surface area (Å²) < 4.78 is 0. The van der Waals surface area contributed by atoms with Crippen LogP contribution in [0, 0.1) is 0 Å². The number of carbonyl (C=O) groups excluding carboxylic acids is 3. The van der Waals surface area contributed by atoms with Gasteiger partial charge in [-0.15, -0.1) is 0 Å². The zero-order valence-corrected chi connectivity index (χ0v) is 16.2. The number of anilines is 2. The van der Waals surface area contributed by atoms with E-state index in [0.717, 1.165) is 0 Å². The lowest BCUT2D eigenvalue weighted by Crippen LogP contribution is -2.22. The molecular formula is C23H21N3O3. The van der Waals surface area contributed by atoms with Gasteiger partial charge >= 0.3 is 0 Å². The van der Waals surface area contributed by atoms with Crippen LogP contribution < -0.4 is 10.6 Å². The summed E-state index contributed by atoms with van der Waals surface area (Å²) in [6.45, 7) is 0. The summed E-state index contributed by atoms with van der Waals surface area (Å²) in [7, 11) is 3.34. The summed E-state index contributed by atoms with van der Waals surface area (Å²) >= 11 is 0. The Balaban J connectivity index is 1.66. The van der Waals surface area contributed by atoms with Gasteiger partial charge in [0.1, 0.15) is 0 Å². The molecule has 0 aliphatic carbocycles. The van der Waals surface area contributed by atoms with Crippen molar-refractivity contribution in [2.75, 3.05) is 24.7 Å². The van der Waals surface area contributed by atoms with Gasteiger partial charge in [-0.3, -0.25) is 14.4 Å². The molecule has 0 unspecified atom stereocenters. The molecule has 0 bridgehead atoms. The molecule has 2 N–H and O–H groups in total. The van der Waals surface area contributed by atoms with Gasteiger partial charge < -0.3 is 15.5 Å². The van der Waals surface area contributed by atoms with Crippen LogP contribution in [0.2, 0.25) is 0 Å². The quantitative estimate of drug-likeness (QED) is 0.697. The zero-order chi connectivity index (χ0) is 20.8. The van der Waals surface area contributed by atoms with E-state index >= 15 is 0 Å². The minimum atomic E-state index is -0.305. The highest BCUT2D eigenvalue weighted by atomic mass is 16.2. The fraction of sp³-hybridized carbons (Fsp3) is 0.0870. The molecule has 0 aliphatic rings. The van der Waals surface area contributed by atoms with E-state index in [1.165, 1.54) is 4.90 Å². The Bertz CT molecular complexity index is 1030. The number of rotatable bonds is 5. The van der Waals surface area contributed by atoms with Crippen LogP contribution in [0.1, 0.15) is 31.1 Å². The Morgan fingerprint density at radius 3 is 1.79 bits per heavy atom. The summed E-state index contributed by atoms with van der Waals surface area (Å²) in [4.78, 5) is 38.2. The van der Waals surface area contributed by atoms with Crippen molar-refractivity contribution in [1.82, 2.24) is 4.90 Å². The molecular weight excluding hydrogens is 366 g/mol. The second-order valence-corrected chi connectivity index (χ2v) is 6.63. The van der Waals surface area contributed by atoms with Crippen molar-refractivity contribution < 1.29 is 14.4 Å². The van der Waals surface area contributed by atoms with Crippen molar-refractivity contribution in [2.24, 2.45) is 0 Å². The van der Waals surface area contributed by atoms with Crippen LogP contribution in [0.4, 0.5) is 11.4 Å². The molecule has 3 rings (SSSR count). The SMILES string of the molecule is CN(C)C(=O)c1cccc(NC(=O)c2ccc(NC(=O)c3ccccc3)cc2)c1. The highest BCUT2D eigenvalue weighted by molar-refractivity contribution is 6.06. The van der Waals surface area contributed by atoms with Crippen molar-refractivity contribution in [3.63, 3.8) is 0 Å². The minimum absolute atomic E-state index is 0.139. The Morgan fingerprint density at radius 1 is 0.621 bits per heavy atom. The predicted octanol–water partition coefficient (Wildman–Crippen LogP) is 3.89. The maximum Gasteiger partial charge on any atom is 0.255 e. The Labute approximate surface area is 169 Å². The highest BCUT2D eigenvalue weighted by Crippen LogP contribution is 2.16. The van der Waals surface area contributed by atoms with Crippen LogP contribution >= 0.6 is 0 Å². The Kier molecular flexibility index (Phi) is 6.04. The van der Waals surface area contributed by atoms with Gasteiger partial charge in [-0.05, 0) is 54.6 Å². The molecule has 0 saturated carbocycles. The Hall–Kier alpha value is -3.93. The van der Waals surface area contributed by atoms with Gasteiger partial charge in [-0.25, -0.2) is 0 Å². The lowest BCUT2D eigenvalue weighted by molar-refractivity contribution is 0.0827. The fourth-order valence-corrected chi connectivity index (χ4v) is 2.69. The van der Waals surface area contributed by atoms with E-state index in [4.69, 9.17) is 0 Å². The molecule has 3 aromatic carbocycles. The number of nitrogens with one attached hydrogen (secondary N) is 2. The lowest BCUT2D eigenvalue weighted by atomic mass is 10.1. The topological polar surface area (TPSA) is 78.5 Å². The number of carbonyl (C=O) groups is 3. The van der Waals surface area contributed by atoms with Gasteiger partial charge in [0.25, 0.3) is 17.7 Å². The zero-order valence-electron chi connectivity index (χ0n) is 16.2. The van der Waals surface area contributed by atoms with Crippen molar-refractivity contribution >= 4 is 29.1 Å². The molecule has 6 nitrogen and oxygen atoms in total. The molecule has 3 amide bonds. The molecule has 0 aliphatic heterocycles. The summed E-state index contributed by atoms with van der Waals surface area (Å²) in [5.74, 6) is -0.662. The summed E-state index contributed by atoms with van der Waals surface area (Å²) in [5, 5.41) is 5.57. The van der Waals surface area contributed by atoms with Gasteiger partial charge in [0.05, 0.1) is 0 Å². The van der Waals surface area contributed by atoms with Gasteiger partial charge in [0, 0.05) is 42.2 Å². The normalized spacial score (nSPS) is 10.1. The number of amides is 3. The van der Waals surface area contributed by atoms with Crippen molar-refractivity contribution in [1.29, 1.82) is 0 Å². The van der Waals surface area contributed by atoms with Crippen LogP contribution in [0.15, 0.2) is 78.9 Å². The van der Waals surface area contributed by atoms with Gasteiger partial charge in [0.2, 0.25) is 0 Å². The van der Waals surface area contributed by atoms with Gasteiger partial charge in [0.15, 0.2) is 0 Å². The lowest BCUT2D eigenvalue weighted by Gasteiger charge is -2.12. The molecule has 0 aromatic heterocycles. The average Bonchev–Trinajstić information content (AvgIpc) is 2.74. The first-order valence-corrected chi connectivity index (χ1v) is 9.03. The summed E-state index contributed by atoms with van der Waals surface area (Å²) in [5.41, 5.74) is 2.61. The monoisotopic (exact) mass is 387 g/mol. The molecule has 3 aromatic rings. The average molecular weight is 387 g/mol. The number of nitrogens with zero attached hydrogens (tertiary/aromatic N) is 1. The smallest absolute Gasteiger partial charge is 0.255 e. The third kappa shape index (κ3) is 5.07. The fourth-order valence-electron chi connectivity index (χ4n) is 2.69. The molecule has 0 atom stereocenters. The molecule has 146 valence electrons. The molecule has 0 fully saturated rings. The van der Waals surface area contributed by atoms with Crippen LogP contribution in [-0.2, 0) is 0 Å². The molecule has 0 saturated heterocycles. The molecule has 0 spiro atoms. The van der Waals surface area contributed by atoms with E-state index in [-0.39, 0.29) is 17.7 Å². The number of hydrogen-bond donors (Lipinski definition) is 2. The third-order valence-corrected chi connectivity index (χ3v) is 4.21. The first-order valence-electron chi connectivity index (χ1n) is 9.03. The number of hydrogen-bond acceptors (Lipinski definition) is 3. The van der Waals surface area contributed by atoms with Gasteiger partial charge in [-0.2, -0.15) is 0 Å². The molecule has 0 radical (unpaired) electrons. The number of benzene rings is 3. The standard InChI is InChI=1S/C23H21N3O3/c1-26(2)23(29)18-9-6-10-20(15-18)25-22(28)17-11-13-19(14-12-17)24-21(27)16-7-4-3-5-8-16/h3-15H,1-2H3,(H,24,27)(H,25,28). The molecule has 0 heterocycles. The van der Waals surface area contributed by atoms with E-state index in [0.29, 0.717) is 28.1 Å². The van der Waals surface area contributed by atoms with E-state index in [2.05, 4.69) is 10.6 Å². The molecule has 29 heavy (non-hydrogen) atoms. The van der Waals surface area contributed by atoms with Crippen LogP contribution in [0.5, 0.6) is 0 Å².